The molecular weight excluding hydrogens is 1510 g/mol. The molecule has 1 aliphatic carbocycles. The van der Waals surface area contributed by atoms with E-state index in [1.54, 1.807) is 0 Å². The third-order valence-corrected chi connectivity index (χ3v) is 24.3. The van der Waals surface area contributed by atoms with Gasteiger partial charge in [0.2, 0.25) is 0 Å². The highest BCUT2D eigenvalue weighted by Gasteiger charge is 2.60. The number of carbonyl (C=O) groups is 4. The van der Waals surface area contributed by atoms with Gasteiger partial charge in [-0.05, 0) is 25.7 Å². The smallest absolute Gasteiger partial charge is 0.463 e. The van der Waals surface area contributed by atoms with Crippen LogP contribution in [0.15, 0.2) is 0 Å². The van der Waals surface area contributed by atoms with E-state index in [9.17, 15) is 74.6 Å². The molecule has 0 aromatic heterocycles. The third kappa shape index (κ3) is 49.7. The zero-order chi connectivity index (χ0) is 84.7. The number of ether oxygens (including phenoxy) is 8. The first-order chi connectivity index (χ1) is 56.2. The highest BCUT2D eigenvalue weighted by molar-refractivity contribution is 7.47. The van der Waals surface area contributed by atoms with Crippen LogP contribution in [0.5, 0.6) is 0 Å². The van der Waals surface area contributed by atoms with Gasteiger partial charge in [-0.3, -0.25) is 28.2 Å². The minimum atomic E-state index is -5.80. The minimum absolute atomic E-state index is 0.0198. The largest absolute Gasteiger partial charge is 0.472 e. The molecule has 0 spiro atoms. The molecule has 3 rings (SSSR count). The number of aliphatic hydroxyl groups is 9. The molecule has 684 valence electrons. The van der Waals surface area contributed by atoms with E-state index in [1.165, 1.54) is 205 Å². The van der Waals surface area contributed by atoms with Gasteiger partial charge in [0.15, 0.2) is 24.8 Å². The van der Waals surface area contributed by atoms with Crippen LogP contribution >= 0.6 is 7.82 Å². The topological polar surface area (TPSA) is 380 Å². The van der Waals surface area contributed by atoms with Crippen LogP contribution in [0.2, 0.25) is 0 Å². The Morgan fingerprint density at radius 3 is 0.940 bits per heavy atom. The molecule has 26 heteroatoms. The lowest BCUT2D eigenvalue weighted by Crippen LogP contribution is -2.70. The predicted molar refractivity (Wildman–Crippen MR) is 449 cm³/mol. The van der Waals surface area contributed by atoms with Gasteiger partial charge in [0.05, 0.1) is 13.2 Å². The number of rotatable bonds is 77. The second-order valence-corrected chi connectivity index (χ2v) is 35.3. The maximum Gasteiger partial charge on any atom is 0.472 e. The van der Waals surface area contributed by atoms with E-state index in [0.29, 0.717) is 32.1 Å². The second kappa shape index (κ2) is 69.8. The molecule has 3 fully saturated rings. The number of hydrogen-bond donors (Lipinski definition) is 10. The van der Waals surface area contributed by atoms with Crippen LogP contribution < -0.4 is 0 Å². The minimum Gasteiger partial charge on any atom is -0.463 e. The molecule has 0 radical (unpaired) electrons. The summed E-state index contributed by atoms with van der Waals surface area (Å²) in [6.07, 6.45) is 26.6. The number of esters is 4. The lowest BCUT2D eigenvalue weighted by Gasteiger charge is -2.50. The van der Waals surface area contributed by atoms with Crippen molar-refractivity contribution in [2.75, 3.05) is 26.4 Å². The Bertz CT molecular complexity index is 2410. The first-order valence-corrected chi connectivity index (χ1v) is 48.8. The van der Waals surface area contributed by atoms with E-state index < -0.39 is 162 Å². The summed E-state index contributed by atoms with van der Waals surface area (Å²) in [7, 11) is -5.80. The fourth-order valence-corrected chi connectivity index (χ4v) is 16.8. The molecule has 25 nitrogen and oxygen atoms in total. The molecule has 0 aromatic rings. The van der Waals surface area contributed by atoms with E-state index >= 15 is 0 Å². The van der Waals surface area contributed by atoms with Gasteiger partial charge in [-0.25, -0.2) is 4.57 Å². The van der Waals surface area contributed by atoms with Crippen LogP contribution in [0.4, 0.5) is 0 Å². The van der Waals surface area contributed by atoms with Crippen molar-refractivity contribution in [3.63, 3.8) is 0 Å². The lowest BCUT2D eigenvalue weighted by molar-refractivity contribution is -0.360. The van der Waals surface area contributed by atoms with Gasteiger partial charge in [-0.2, -0.15) is 0 Å². The number of unbranched alkanes of at least 4 members (excludes halogenated alkanes) is 53. The maximum absolute atomic E-state index is 14.9. The molecular formula is C90H169O25P. The van der Waals surface area contributed by atoms with Crippen molar-refractivity contribution in [1.29, 1.82) is 0 Å². The maximum atomic E-state index is 14.9. The summed E-state index contributed by atoms with van der Waals surface area (Å²) >= 11 is 0. The normalized spacial score (nSPS) is 25.1. The van der Waals surface area contributed by atoms with Gasteiger partial charge in [0, 0.05) is 25.7 Å². The van der Waals surface area contributed by atoms with Crippen LogP contribution in [-0.4, -0.2) is 205 Å². The average Bonchev–Trinajstić information content (AvgIpc) is 0.754. The summed E-state index contributed by atoms with van der Waals surface area (Å²) < 4.78 is 73.4. The van der Waals surface area contributed by atoms with Crippen molar-refractivity contribution in [2.24, 2.45) is 0 Å². The second-order valence-electron chi connectivity index (χ2n) is 33.9. The standard InChI is InChI=1S/C90H169O25P/c1-5-9-13-17-21-25-29-33-35-37-40-43-46-50-54-58-62-73(92)106-67-70(109-75(94)64-60-56-52-48-44-39-32-28-24-20-16-12-8-4)68-108-116(104,105)115-88-86(113-89-83(102)79(98)77(96)71(66-91)110-89)82(101)81(100)85(112-76(95)65-61-57-53-49-45-41-36-34-30-26-22-18-14-10-6-2)87(88)114-90-84(103)80(99)78(97)72(111-90)69-107-74(93)63-59-55-51-47-42-38-31-27-23-19-15-11-7-3/h70-72,77-91,96-103H,5-69H2,1-4H3,(H,104,105). The summed E-state index contributed by atoms with van der Waals surface area (Å²) in [4.78, 5) is 66.4. The van der Waals surface area contributed by atoms with Crippen molar-refractivity contribution in [3.8, 4) is 0 Å². The summed E-state index contributed by atoms with van der Waals surface area (Å²) in [5.41, 5.74) is 0. The van der Waals surface area contributed by atoms with Gasteiger partial charge in [-0.15, -0.1) is 0 Å². The van der Waals surface area contributed by atoms with Crippen LogP contribution in [0.25, 0.3) is 0 Å². The Kier molecular flexibility index (Phi) is 64.8. The molecule has 116 heavy (non-hydrogen) atoms. The first-order valence-electron chi connectivity index (χ1n) is 47.3. The molecule has 1 saturated carbocycles. The third-order valence-electron chi connectivity index (χ3n) is 23.4. The number of carbonyl (C=O) groups excluding carboxylic acids is 4. The number of phosphoric acid groups is 1. The van der Waals surface area contributed by atoms with Crippen molar-refractivity contribution in [3.05, 3.63) is 0 Å². The fraction of sp³-hybridized carbons (Fsp3) is 0.956. The highest BCUT2D eigenvalue weighted by Crippen LogP contribution is 2.49. The molecule has 3 aliphatic rings. The summed E-state index contributed by atoms with van der Waals surface area (Å²) in [5, 5.41) is 102. The molecule has 2 heterocycles. The van der Waals surface area contributed by atoms with Gasteiger partial charge in [0.25, 0.3) is 0 Å². The number of phosphoric ester groups is 1. The van der Waals surface area contributed by atoms with E-state index in [2.05, 4.69) is 27.7 Å². The molecule has 2 aliphatic heterocycles. The van der Waals surface area contributed by atoms with Crippen molar-refractivity contribution in [1.82, 2.24) is 0 Å². The van der Waals surface area contributed by atoms with Crippen molar-refractivity contribution in [2.45, 2.75) is 524 Å². The Morgan fingerprint density at radius 1 is 0.310 bits per heavy atom. The van der Waals surface area contributed by atoms with Crippen LogP contribution in [0.3, 0.4) is 0 Å². The summed E-state index contributed by atoms with van der Waals surface area (Å²) in [6, 6.07) is 0. The molecule has 0 amide bonds. The molecule has 18 unspecified atom stereocenters. The van der Waals surface area contributed by atoms with Gasteiger partial charge in [-0.1, -0.05) is 368 Å². The van der Waals surface area contributed by atoms with Crippen molar-refractivity contribution >= 4 is 31.7 Å². The zero-order valence-corrected chi connectivity index (χ0v) is 73.7. The van der Waals surface area contributed by atoms with Crippen molar-refractivity contribution < 1.29 is 122 Å². The Hall–Kier alpha value is -2.53. The first kappa shape index (κ1) is 108. The molecule has 0 aromatic carbocycles. The molecule has 18 atom stereocenters. The van der Waals surface area contributed by atoms with E-state index in [4.69, 9.17) is 46.9 Å². The Balaban J connectivity index is 1.91. The fourth-order valence-electron chi connectivity index (χ4n) is 15.8. The van der Waals surface area contributed by atoms with Gasteiger partial charge >= 0.3 is 31.7 Å². The quantitative estimate of drug-likeness (QED) is 0.0117. The predicted octanol–water partition coefficient (Wildman–Crippen LogP) is 17.4. The van der Waals surface area contributed by atoms with Crippen LogP contribution in [-0.2, 0) is 70.7 Å². The highest BCUT2D eigenvalue weighted by atomic mass is 31.2. The van der Waals surface area contributed by atoms with Crippen LogP contribution in [0, 0.1) is 0 Å². The number of aliphatic hydroxyl groups excluding tert-OH is 9. The van der Waals surface area contributed by atoms with E-state index in [1.807, 2.05) is 0 Å². The average molecular weight is 1680 g/mol. The van der Waals surface area contributed by atoms with Gasteiger partial charge in [0.1, 0.15) is 92.6 Å². The Morgan fingerprint density at radius 2 is 0.595 bits per heavy atom. The molecule has 0 bridgehead atoms. The van der Waals surface area contributed by atoms with Gasteiger partial charge < -0.3 is 88.7 Å². The SMILES string of the molecule is CCCCCCCCCCCCCCCCCCC(=O)OCC(COP(=O)(O)OC1C(OC2OC(CO)C(O)C(O)C2O)C(O)C(O)C(OC(=O)CCCCCCCCCCCCCCCCC)C1OC1OC(COC(=O)CCCCCCCCCCCCCCC)C(O)C(O)C1O)OC(=O)CCCCCCCCCCCCCCC. The zero-order valence-electron chi connectivity index (χ0n) is 72.8. The lowest BCUT2D eigenvalue weighted by atomic mass is 9.84. The van der Waals surface area contributed by atoms with Crippen LogP contribution in [0.1, 0.15) is 419 Å². The monoisotopic (exact) mass is 1680 g/mol. The number of hydrogen-bond acceptors (Lipinski definition) is 24. The van der Waals surface area contributed by atoms with E-state index in [0.717, 1.165) is 128 Å². The van der Waals surface area contributed by atoms with E-state index in [-0.39, 0.29) is 25.7 Å². The molecule has 2 saturated heterocycles. The summed E-state index contributed by atoms with van der Waals surface area (Å²) in [5.74, 6) is -2.94. The Labute approximate surface area is 699 Å². The molecule has 10 N–H and O–H groups in total. The summed E-state index contributed by atoms with van der Waals surface area (Å²) in [6.45, 7) is 5.63.